The van der Waals surface area contributed by atoms with Gasteiger partial charge in [-0.1, -0.05) is 147 Å². The molecule has 1 aliphatic carbocycles. The van der Waals surface area contributed by atoms with Gasteiger partial charge in [-0.3, -0.25) is 0 Å². The Morgan fingerprint density at radius 1 is 0.403 bits per heavy atom. The van der Waals surface area contributed by atoms with Gasteiger partial charge in [-0.25, -0.2) is 0 Å². The fraction of sp³-hybridized carbons (Fsp3) is 0.410. The summed E-state index contributed by atoms with van der Waals surface area (Å²) in [5.41, 5.74) is 18.4. The summed E-state index contributed by atoms with van der Waals surface area (Å²) in [6.07, 6.45) is 23.1. The van der Waals surface area contributed by atoms with Gasteiger partial charge in [-0.05, 0) is 180 Å². The first kappa shape index (κ1) is 45.3. The highest BCUT2D eigenvalue weighted by molar-refractivity contribution is 9.10. The lowest BCUT2D eigenvalue weighted by Crippen LogP contribution is -2.26. The maximum atomic E-state index is 6.45. The Kier molecular flexibility index (Phi) is 13.3. The first-order chi connectivity index (χ1) is 32.9. The molecule has 67 heavy (non-hydrogen) atoms. The average molecular weight is 1020 g/mol. The number of hydrogen-bond donors (Lipinski definition) is 0. The minimum Gasteiger partial charge on any atom is -0.366 e. The van der Waals surface area contributed by atoms with Gasteiger partial charge >= 0.3 is 0 Å². The summed E-state index contributed by atoms with van der Waals surface area (Å²) in [5.74, 6) is 0. The molecule has 4 aliphatic heterocycles. The Hall–Kier alpha value is -4.20. The van der Waals surface area contributed by atoms with Crippen molar-refractivity contribution in [2.24, 2.45) is 0 Å². The third kappa shape index (κ3) is 8.65. The molecule has 2 saturated heterocycles. The predicted molar refractivity (Wildman–Crippen MR) is 285 cm³/mol. The van der Waals surface area contributed by atoms with Crippen LogP contribution in [-0.4, -0.2) is 0 Å². The number of anilines is 6. The summed E-state index contributed by atoms with van der Waals surface area (Å²) in [5, 5.41) is 0. The first-order valence-corrected chi connectivity index (χ1v) is 27.5. The van der Waals surface area contributed by atoms with Gasteiger partial charge in [0.1, 0.15) is 0 Å². The molecule has 0 N–H and O–H groups in total. The van der Waals surface area contributed by atoms with Gasteiger partial charge in [-0.15, -0.1) is 0 Å². The Morgan fingerprint density at radius 2 is 0.746 bits per heavy atom. The molecule has 6 aromatic rings. The third-order valence-corrected chi connectivity index (χ3v) is 17.1. The van der Waals surface area contributed by atoms with E-state index in [4.69, 9.17) is 9.47 Å². The second-order valence-electron chi connectivity index (χ2n) is 20.2. The molecule has 6 aromatic carbocycles. The van der Waals surface area contributed by atoms with Crippen LogP contribution in [0.3, 0.4) is 0 Å². The van der Waals surface area contributed by atoms with E-state index in [0.29, 0.717) is 0 Å². The quantitative estimate of drug-likeness (QED) is 0.0712. The Labute approximate surface area is 416 Å². The minimum absolute atomic E-state index is 0.126. The lowest BCUT2D eigenvalue weighted by molar-refractivity contribution is 0.0715. The van der Waals surface area contributed by atoms with Crippen LogP contribution < -0.4 is 9.80 Å². The highest BCUT2D eigenvalue weighted by Crippen LogP contribution is 2.58. The van der Waals surface area contributed by atoms with Crippen LogP contribution in [0.25, 0.3) is 11.1 Å². The van der Waals surface area contributed by atoms with Crippen molar-refractivity contribution in [3.05, 3.63) is 164 Å². The lowest BCUT2D eigenvalue weighted by atomic mass is 9.70. The molecule has 11 rings (SSSR count). The Balaban J connectivity index is 1.05. The zero-order chi connectivity index (χ0) is 45.5. The molecule has 2 fully saturated rings. The molecule has 0 amide bonds. The van der Waals surface area contributed by atoms with E-state index >= 15 is 0 Å². The molecule has 0 saturated carbocycles. The second kappa shape index (κ2) is 19.7. The highest BCUT2D eigenvalue weighted by Gasteiger charge is 2.44. The van der Waals surface area contributed by atoms with Crippen molar-refractivity contribution in [1.29, 1.82) is 0 Å². The van der Waals surface area contributed by atoms with Crippen molar-refractivity contribution >= 4 is 66.0 Å². The number of ether oxygens (including phenoxy) is 2. The van der Waals surface area contributed by atoms with Crippen molar-refractivity contribution in [3.8, 4) is 11.1 Å². The molecule has 0 radical (unpaired) electrons. The van der Waals surface area contributed by atoms with Crippen molar-refractivity contribution in [3.63, 3.8) is 0 Å². The Morgan fingerprint density at radius 3 is 1.16 bits per heavy atom. The topological polar surface area (TPSA) is 24.9 Å². The van der Waals surface area contributed by atoms with Gasteiger partial charge in [0.25, 0.3) is 0 Å². The fourth-order valence-electron chi connectivity index (χ4n) is 12.6. The van der Waals surface area contributed by atoms with Crippen LogP contribution >= 0.6 is 31.9 Å². The molecule has 5 aliphatic rings. The number of benzene rings is 6. The van der Waals surface area contributed by atoms with Gasteiger partial charge < -0.3 is 19.3 Å². The monoisotopic (exact) mass is 1020 g/mol. The minimum atomic E-state index is -0.126. The summed E-state index contributed by atoms with van der Waals surface area (Å²) in [4.78, 5) is 5.01. The van der Waals surface area contributed by atoms with Gasteiger partial charge in [0.15, 0.2) is 0 Å². The fourth-order valence-corrected chi connectivity index (χ4v) is 13.2. The lowest BCUT2D eigenvalue weighted by Gasteiger charge is -2.35. The molecule has 0 spiro atoms. The summed E-state index contributed by atoms with van der Waals surface area (Å²) in [6, 6.07) is 47.0. The van der Waals surface area contributed by atoms with Crippen LogP contribution in [0.4, 0.5) is 34.1 Å². The average Bonchev–Trinajstić information content (AvgIpc) is 4.21. The van der Waals surface area contributed by atoms with Crippen LogP contribution in [0.15, 0.2) is 130 Å². The van der Waals surface area contributed by atoms with Crippen LogP contribution in [0.1, 0.15) is 187 Å². The van der Waals surface area contributed by atoms with Crippen molar-refractivity contribution in [1.82, 2.24) is 0 Å². The molecule has 0 aromatic heterocycles. The van der Waals surface area contributed by atoms with Gasteiger partial charge in [0.2, 0.25) is 0 Å². The zero-order valence-electron chi connectivity index (χ0n) is 39.6. The van der Waals surface area contributed by atoms with Crippen LogP contribution in [0.5, 0.6) is 0 Å². The molecule has 4 nitrogen and oxygen atoms in total. The first-order valence-electron chi connectivity index (χ1n) is 25.9. The maximum Gasteiger partial charge on any atom is 0.0838 e. The zero-order valence-corrected chi connectivity index (χ0v) is 42.7. The number of nitrogens with zero attached hydrogens (tertiary/aromatic N) is 2. The van der Waals surface area contributed by atoms with E-state index in [1.807, 2.05) is 0 Å². The molecule has 4 bridgehead atoms. The molecule has 4 unspecified atom stereocenters. The number of halogens is 2. The van der Waals surface area contributed by atoms with Crippen LogP contribution in [-0.2, 0) is 14.9 Å². The van der Waals surface area contributed by atoms with E-state index in [0.717, 1.165) is 47.5 Å². The molecular formula is C61H66Br2N2O2. The molecule has 4 heterocycles. The molecule has 4 atom stereocenters. The van der Waals surface area contributed by atoms with E-state index in [1.165, 1.54) is 156 Å². The van der Waals surface area contributed by atoms with Crippen LogP contribution in [0, 0.1) is 0 Å². The van der Waals surface area contributed by atoms with Gasteiger partial charge in [0, 0.05) is 48.5 Å². The van der Waals surface area contributed by atoms with E-state index in [2.05, 4.69) is 177 Å². The second-order valence-corrected chi connectivity index (χ2v) is 22.0. The SMILES string of the molecule is CCCCCCCCC1(CCCCCCCC)c2cc(N(c3ccc(Br)cc3)c3ccc4c(c3)C3CCC4O3)ccc2-c2ccc(N(c3ccc(Br)cc3)c3ccc4c(c3)C3CCC4O3)cc21. The third-order valence-electron chi connectivity index (χ3n) is 16.0. The van der Waals surface area contributed by atoms with E-state index < -0.39 is 0 Å². The number of fused-ring (bicyclic) bond motifs is 13. The van der Waals surface area contributed by atoms with Gasteiger partial charge in [-0.2, -0.15) is 0 Å². The summed E-state index contributed by atoms with van der Waals surface area (Å²) in [6.45, 7) is 4.65. The number of unbranched alkanes of at least 4 members (excludes halogenated alkanes) is 10. The van der Waals surface area contributed by atoms with Crippen molar-refractivity contribution < 1.29 is 9.47 Å². The highest BCUT2D eigenvalue weighted by atomic mass is 79.9. The van der Waals surface area contributed by atoms with E-state index in [-0.39, 0.29) is 29.8 Å². The maximum absolute atomic E-state index is 6.45. The Bertz CT molecular complexity index is 2530. The summed E-state index contributed by atoms with van der Waals surface area (Å²) in [7, 11) is 0. The van der Waals surface area contributed by atoms with Crippen molar-refractivity contribution in [2.75, 3.05) is 9.80 Å². The van der Waals surface area contributed by atoms with E-state index in [1.54, 1.807) is 0 Å². The van der Waals surface area contributed by atoms with Crippen molar-refractivity contribution in [2.45, 2.75) is 159 Å². The van der Waals surface area contributed by atoms with Crippen LogP contribution in [0.2, 0.25) is 0 Å². The predicted octanol–water partition coefficient (Wildman–Crippen LogP) is 19.7. The molecule has 346 valence electrons. The molecular weight excluding hydrogens is 952 g/mol. The summed E-state index contributed by atoms with van der Waals surface area (Å²) < 4.78 is 15.1. The normalized spacial score (nSPS) is 19.9. The standard InChI is InChI=1S/C61H66Br2N2O2/c1-3-5-7-9-11-13-35-61(36-14-12-10-8-6-4-2)55-39-47(64(43-19-15-41(62)16-20-43)45-25-29-51-53(37-45)59-33-31-57(51)66-59)23-27-49(55)50-28-24-48(40-56(50)61)65(44-21-17-42(63)18-22-44)46-26-30-52-54(38-46)60-34-32-58(52)67-60/h15-30,37-40,57-60H,3-14,31-36H2,1-2H3. The summed E-state index contributed by atoms with van der Waals surface area (Å²) >= 11 is 7.50. The number of rotatable bonds is 20. The van der Waals surface area contributed by atoms with Gasteiger partial charge in [0.05, 0.1) is 24.4 Å². The number of hydrogen-bond acceptors (Lipinski definition) is 4. The largest absolute Gasteiger partial charge is 0.366 e. The van der Waals surface area contributed by atoms with E-state index in [9.17, 15) is 0 Å². The smallest absolute Gasteiger partial charge is 0.0838 e. The molecule has 6 heteroatoms.